The molecule has 8 nitrogen and oxygen atoms in total. The van der Waals surface area contributed by atoms with Crippen LogP contribution < -0.4 is 16.0 Å². The van der Waals surface area contributed by atoms with Crippen LogP contribution in [-0.4, -0.2) is 60.8 Å². The van der Waals surface area contributed by atoms with Crippen molar-refractivity contribution < 1.29 is 14.4 Å². The summed E-state index contributed by atoms with van der Waals surface area (Å²) < 4.78 is 0. The summed E-state index contributed by atoms with van der Waals surface area (Å²) in [5, 5.41) is 9.81. The third kappa shape index (κ3) is 6.41. The zero-order valence-electron chi connectivity index (χ0n) is 21.0. The van der Waals surface area contributed by atoms with Crippen molar-refractivity contribution in [3.8, 4) is 0 Å². The van der Waals surface area contributed by atoms with Gasteiger partial charge in [-0.2, -0.15) is 0 Å². The van der Waals surface area contributed by atoms with Gasteiger partial charge in [0.15, 0.2) is 0 Å². The van der Waals surface area contributed by atoms with E-state index in [1.165, 1.54) is 4.90 Å². The first kappa shape index (κ1) is 25.8. The van der Waals surface area contributed by atoms with Crippen molar-refractivity contribution in [2.45, 2.75) is 38.8 Å². The highest BCUT2D eigenvalue weighted by molar-refractivity contribution is 6.02. The quantitative estimate of drug-likeness (QED) is 0.360. The molecule has 2 atom stereocenters. The Morgan fingerprint density at radius 2 is 1.63 bits per heavy atom. The first-order chi connectivity index (χ1) is 16.7. The van der Waals surface area contributed by atoms with Gasteiger partial charge in [-0.15, -0.1) is 0 Å². The Morgan fingerprint density at radius 1 is 0.943 bits per heavy atom. The molecule has 1 aromatic heterocycles. The second-order valence-corrected chi connectivity index (χ2v) is 9.31. The molecule has 3 rings (SSSR count). The maximum atomic E-state index is 13.4. The fourth-order valence-corrected chi connectivity index (χ4v) is 4.14. The molecule has 0 aliphatic heterocycles. The van der Waals surface area contributed by atoms with Crippen molar-refractivity contribution in [2.24, 2.45) is 5.92 Å². The van der Waals surface area contributed by atoms with Crippen molar-refractivity contribution in [3.05, 3.63) is 65.9 Å². The average Bonchev–Trinajstić information content (AvgIpc) is 3.25. The van der Waals surface area contributed by atoms with Crippen molar-refractivity contribution in [1.29, 1.82) is 0 Å². The lowest BCUT2D eigenvalue weighted by molar-refractivity contribution is -0.135. The molecule has 0 bridgehead atoms. The van der Waals surface area contributed by atoms with E-state index < -0.39 is 12.1 Å². The van der Waals surface area contributed by atoms with Crippen LogP contribution in [0.2, 0.25) is 0 Å². The smallest absolute Gasteiger partial charge is 0.254 e. The monoisotopic (exact) mass is 477 g/mol. The Hall–Kier alpha value is -3.81. The number of carbonyl (C=O) groups is 3. The van der Waals surface area contributed by atoms with Gasteiger partial charge in [-0.05, 0) is 36.1 Å². The minimum Gasteiger partial charge on any atom is -0.387 e. The van der Waals surface area contributed by atoms with E-state index >= 15 is 0 Å². The summed E-state index contributed by atoms with van der Waals surface area (Å²) in [6.07, 6.45) is 2.64. The number of likely N-dealkylation sites (N-methyl/N-ethyl adjacent to an activating group) is 1. The van der Waals surface area contributed by atoms with Crippen LogP contribution in [0.4, 0.5) is 5.69 Å². The molecule has 0 saturated carbocycles. The second-order valence-electron chi connectivity index (χ2n) is 9.31. The van der Waals surface area contributed by atoms with E-state index in [-0.39, 0.29) is 23.6 Å². The lowest BCUT2D eigenvalue weighted by Crippen LogP contribution is -2.54. The molecule has 4 N–H and O–H groups in total. The summed E-state index contributed by atoms with van der Waals surface area (Å²) in [5.41, 5.74) is 3.04. The van der Waals surface area contributed by atoms with E-state index in [4.69, 9.17) is 0 Å². The van der Waals surface area contributed by atoms with Gasteiger partial charge in [0, 0.05) is 50.4 Å². The lowest BCUT2D eigenvalue weighted by Gasteiger charge is -2.26. The first-order valence-electron chi connectivity index (χ1n) is 11.9. The molecule has 0 saturated heterocycles. The molecule has 0 radical (unpaired) electrons. The topological polar surface area (TPSA) is 106 Å². The third-order valence-electron chi connectivity index (χ3n) is 5.92. The Kier molecular flexibility index (Phi) is 8.52. The number of fused-ring (bicyclic) bond motifs is 1. The number of hydrogen-bond donors (Lipinski definition) is 4. The number of benzene rings is 2. The second kappa shape index (κ2) is 11.6. The molecule has 8 heteroatoms. The van der Waals surface area contributed by atoms with Gasteiger partial charge in [-0.25, -0.2) is 0 Å². The van der Waals surface area contributed by atoms with Gasteiger partial charge in [-0.1, -0.05) is 44.2 Å². The van der Waals surface area contributed by atoms with Crippen LogP contribution in [0.1, 0.15) is 36.2 Å². The Bertz CT molecular complexity index is 1180. The van der Waals surface area contributed by atoms with Gasteiger partial charge in [0.05, 0.1) is 5.56 Å². The molecule has 2 aromatic carbocycles. The van der Waals surface area contributed by atoms with E-state index in [0.717, 1.165) is 16.5 Å². The fourth-order valence-electron chi connectivity index (χ4n) is 4.14. The van der Waals surface area contributed by atoms with Gasteiger partial charge in [-0.3, -0.25) is 14.4 Å². The number of H-pyrrole nitrogens is 1. The average molecular weight is 478 g/mol. The number of anilines is 1. The minimum absolute atomic E-state index is 0.155. The van der Waals surface area contributed by atoms with Crippen LogP contribution in [-0.2, 0) is 16.0 Å². The van der Waals surface area contributed by atoms with Gasteiger partial charge < -0.3 is 25.8 Å². The molecule has 35 heavy (non-hydrogen) atoms. The van der Waals surface area contributed by atoms with Gasteiger partial charge in [0.25, 0.3) is 5.91 Å². The number of hydrogen-bond acceptors (Lipinski definition) is 4. The highest BCUT2D eigenvalue weighted by Crippen LogP contribution is 2.20. The molecule has 0 aliphatic rings. The number of para-hydroxylation sites is 2. The summed E-state index contributed by atoms with van der Waals surface area (Å²) in [6, 6.07) is 13.4. The molecule has 0 spiro atoms. The van der Waals surface area contributed by atoms with Crippen LogP contribution in [0, 0.1) is 5.92 Å². The molecular weight excluding hydrogens is 442 g/mol. The van der Waals surface area contributed by atoms with Crippen LogP contribution in [0.15, 0.2) is 54.7 Å². The highest BCUT2D eigenvalue weighted by Gasteiger charge is 2.29. The maximum absolute atomic E-state index is 13.4. The largest absolute Gasteiger partial charge is 0.387 e. The van der Waals surface area contributed by atoms with Gasteiger partial charge >= 0.3 is 0 Å². The normalized spacial score (nSPS) is 12.7. The number of amides is 3. The van der Waals surface area contributed by atoms with Crippen LogP contribution in [0.3, 0.4) is 0 Å². The molecule has 3 aromatic rings. The van der Waals surface area contributed by atoms with Crippen LogP contribution >= 0.6 is 0 Å². The molecule has 1 heterocycles. The number of nitrogens with zero attached hydrogens (tertiary/aromatic N) is 1. The van der Waals surface area contributed by atoms with Crippen LogP contribution in [0.25, 0.3) is 10.9 Å². The predicted octanol–water partition coefficient (Wildman–Crippen LogP) is 3.17. The number of aromatic amines is 1. The Balaban J connectivity index is 1.82. The van der Waals surface area contributed by atoms with Gasteiger partial charge in [0.2, 0.25) is 11.8 Å². The first-order valence-corrected chi connectivity index (χ1v) is 11.9. The van der Waals surface area contributed by atoms with Crippen molar-refractivity contribution in [3.63, 3.8) is 0 Å². The number of nitrogens with one attached hydrogen (secondary N) is 4. The predicted molar refractivity (Wildman–Crippen MR) is 139 cm³/mol. The number of aromatic nitrogens is 1. The minimum atomic E-state index is -0.784. The number of carbonyl (C=O) groups excluding carboxylic acids is 3. The highest BCUT2D eigenvalue weighted by atomic mass is 16.2. The van der Waals surface area contributed by atoms with E-state index in [2.05, 4.69) is 20.9 Å². The fraction of sp³-hybridized carbons (Fsp3) is 0.370. The van der Waals surface area contributed by atoms with E-state index in [0.29, 0.717) is 24.1 Å². The summed E-state index contributed by atoms with van der Waals surface area (Å²) in [5.74, 6) is -0.780. The van der Waals surface area contributed by atoms with Crippen molar-refractivity contribution in [2.75, 3.05) is 26.5 Å². The molecule has 0 unspecified atom stereocenters. The summed E-state index contributed by atoms with van der Waals surface area (Å²) in [7, 11) is 5.07. The van der Waals surface area contributed by atoms with E-state index in [1.807, 2.05) is 50.4 Å². The summed E-state index contributed by atoms with van der Waals surface area (Å²) in [6.45, 7) is 3.98. The zero-order valence-corrected chi connectivity index (χ0v) is 21.0. The Labute approximate surface area is 206 Å². The number of rotatable bonds is 10. The van der Waals surface area contributed by atoms with E-state index in [9.17, 15) is 14.4 Å². The molecular formula is C27H35N5O3. The standard InChI is InChI=1S/C27H35N5O3/c1-17(2)14-23(30-25(33)20-11-7-8-12-21(20)28-3)26(34)31-24(27(35)32(4)5)15-18-16-29-22-13-9-6-10-19(18)22/h6-13,16-17,23-24,28-29H,14-15H2,1-5H3,(H,30,33)(H,31,34)/t23-,24-/m0/s1. The summed E-state index contributed by atoms with van der Waals surface area (Å²) in [4.78, 5) is 44.2. The SMILES string of the molecule is CNc1ccccc1C(=O)N[C@@H](CC(C)C)C(=O)N[C@@H](Cc1c[nH]c2ccccc12)C(=O)N(C)C. The molecule has 0 aliphatic carbocycles. The maximum Gasteiger partial charge on any atom is 0.254 e. The molecule has 0 fully saturated rings. The summed E-state index contributed by atoms with van der Waals surface area (Å²) >= 11 is 0. The van der Waals surface area contributed by atoms with Crippen LogP contribution in [0.5, 0.6) is 0 Å². The molecule has 186 valence electrons. The van der Waals surface area contributed by atoms with E-state index in [1.54, 1.807) is 39.3 Å². The van der Waals surface area contributed by atoms with Gasteiger partial charge in [0.1, 0.15) is 12.1 Å². The lowest BCUT2D eigenvalue weighted by atomic mass is 10.00. The Morgan fingerprint density at radius 3 is 2.31 bits per heavy atom. The molecule has 3 amide bonds. The van der Waals surface area contributed by atoms with Crippen molar-refractivity contribution >= 4 is 34.3 Å². The van der Waals surface area contributed by atoms with Crippen molar-refractivity contribution in [1.82, 2.24) is 20.5 Å². The third-order valence-corrected chi connectivity index (χ3v) is 5.92. The zero-order chi connectivity index (χ0) is 25.5.